The summed E-state index contributed by atoms with van der Waals surface area (Å²) in [7, 11) is 1.89. The Bertz CT molecular complexity index is 761. The minimum Gasteiger partial charge on any atom is -0.348 e. The topological polar surface area (TPSA) is 94.1 Å². The first-order valence-corrected chi connectivity index (χ1v) is 11.4. The first-order valence-electron chi connectivity index (χ1n) is 11.4. The minimum absolute atomic E-state index is 0.111. The molecule has 0 fully saturated rings. The van der Waals surface area contributed by atoms with E-state index in [1.165, 1.54) is 57.8 Å². The van der Waals surface area contributed by atoms with Crippen LogP contribution in [0.4, 0.5) is 0 Å². The molecule has 1 unspecified atom stereocenters. The van der Waals surface area contributed by atoms with Crippen LogP contribution in [-0.2, 0) is 19.9 Å². The number of hydrogen-bond donors (Lipinski definition) is 1. The van der Waals surface area contributed by atoms with Crippen LogP contribution in [0.3, 0.4) is 0 Å². The lowest BCUT2D eigenvalue weighted by Gasteiger charge is -2.01. The van der Waals surface area contributed by atoms with E-state index in [9.17, 15) is 0 Å². The number of nitrogens with one attached hydrogen (secondary N) is 1. The van der Waals surface area contributed by atoms with E-state index in [0.717, 1.165) is 30.2 Å². The summed E-state index contributed by atoms with van der Waals surface area (Å²) >= 11 is 0. The number of nitrogens with zero attached hydrogens (tertiary/aromatic N) is 5. The normalized spacial score (nSPS) is 11.2. The predicted molar refractivity (Wildman–Crippen MR) is 121 cm³/mol. The molecule has 0 spiro atoms. The van der Waals surface area contributed by atoms with Crippen molar-refractivity contribution >= 4 is 0 Å². The largest absolute Gasteiger partial charge is 0.348 e. The van der Waals surface area contributed by atoms with Crippen LogP contribution in [0.15, 0.2) is 18.6 Å². The maximum absolute atomic E-state index is 8.54. The Labute approximate surface area is 182 Å². The van der Waals surface area contributed by atoms with E-state index in [-0.39, 0.29) is 5.92 Å². The molecule has 0 radical (unpaired) electrons. The molecule has 1 N–H and O–H groups in total. The molecule has 2 heterocycles. The van der Waals surface area contributed by atoms with Gasteiger partial charge >= 0.3 is 0 Å². The third kappa shape index (κ3) is 10.8. The van der Waals surface area contributed by atoms with E-state index >= 15 is 0 Å². The number of H-pyrrole nitrogens is 1. The van der Waals surface area contributed by atoms with Crippen LogP contribution in [0.5, 0.6) is 0 Å². The van der Waals surface area contributed by atoms with Crippen molar-refractivity contribution in [2.75, 3.05) is 0 Å². The van der Waals surface area contributed by atoms with Crippen molar-refractivity contribution in [3.63, 3.8) is 0 Å². The fourth-order valence-electron chi connectivity index (χ4n) is 3.30. The van der Waals surface area contributed by atoms with Gasteiger partial charge in [0, 0.05) is 44.9 Å². The third-order valence-corrected chi connectivity index (χ3v) is 5.13. The van der Waals surface area contributed by atoms with E-state index in [1.807, 2.05) is 30.9 Å². The summed E-state index contributed by atoms with van der Waals surface area (Å²) in [5.41, 5.74) is 1.03. The van der Waals surface area contributed by atoms with E-state index in [0.29, 0.717) is 6.42 Å². The number of aromatic amines is 1. The summed E-state index contributed by atoms with van der Waals surface area (Å²) in [6, 6.07) is 4.28. The second-order valence-corrected chi connectivity index (χ2v) is 7.82. The van der Waals surface area contributed by atoms with Gasteiger partial charge in [0.25, 0.3) is 0 Å². The number of imidazole rings is 2. The number of aryl methyl sites for hydroxylation is 3. The van der Waals surface area contributed by atoms with Crippen molar-refractivity contribution < 1.29 is 0 Å². The Kier molecular flexibility index (Phi) is 13.8. The molecular formula is C24H38N6. The molecule has 0 saturated heterocycles. The van der Waals surface area contributed by atoms with Gasteiger partial charge in [0.15, 0.2) is 0 Å². The van der Waals surface area contributed by atoms with Crippen LogP contribution >= 0.6 is 0 Å². The van der Waals surface area contributed by atoms with Crippen molar-refractivity contribution in [3.05, 3.63) is 35.9 Å². The van der Waals surface area contributed by atoms with Crippen molar-refractivity contribution in [1.29, 1.82) is 10.5 Å². The second-order valence-electron chi connectivity index (χ2n) is 7.82. The minimum atomic E-state index is -0.111. The summed E-state index contributed by atoms with van der Waals surface area (Å²) in [5.74, 6) is 1.79. The highest BCUT2D eigenvalue weighted by Crippen LogP contribution is 2.11. The van der Waals surface area contributed by atoms with Gasteiger partial charge in [-0.2, -0.15) is 10.5 Å². The van der Waals surface area contributed by atoms with E-state index < -0.39 is 0 Å². The van der Waals surface area contributed by atoms with Gasteiger partial charge in [-0.15, -0.1) is 0 Å². The fourth-order valence-corrected chi connectivity index (χ4v) is 3.30. The third-order valence-electron chi connectivity index (χ3n) is 5.13. The highest BCUT2D eigenvalue weighted by Gasteiger charge is 2.07. The summed E-state index contributed by atoms with van der Waals surface area (Å²) in [4.78, 5) is 11.8. The Morgan fingerprint density at radius 1 is 1.03 bits per heavy atom. The lowest BCUT2D eigenvalue weighted by atomic mass is 10.1. The summed E-state index contributed by atoms with van der Waals surface area (Å²) < 4.78 is 1.86. The number of rotatable bonds is 13. The van der Waals surface area contributed by atoms with Gasteiger partial charge in [-0.25, -0.2) is 9.97 Å². The first-order chi connectivity index (χ1) is 14.6. The van der Waals surface area contributed by atoms with Crippen LogP contribution in [0.2, 0.25) is 0 Å². The smallest absolute Gasteiger partial charge is 0.125 e. The van der Waals surface area contributed by atoms with Gasteiger partial charge in [-0.3, -0.25) is 0 Å². The molecule has 0 saturated carbocycles. The van der Waals surface area contributed by atoms with Gasteiger partial charge in [0.1, 0.15) is 17.6 Å². The maximum atomic E-state index is 8.54. The molecule has 2 aromatic heterocycles. The zero-order chi connectivity index (χ0) is 22.0. The molecule has 164 valence electrons. The molecule has 0 aliphatic rings. The number of hydrogen-bond acceptors (Lipinski definition) is 4. The molecule has 6 heteroatoms. The Morgan fingerprint density at radius 3 is 2.27 bits per heavy atom. The summed E-state index contributed by atoms with van der Waals surface area (Å²) in [6.45, 7) is 4.10. The van der Waals surface area contributed by atoms with Crippen molar-refractivity contribution in [3.8, 4) is 12.1 Å². The average molecular weight is 411 g/mol. The van der Waals surface area contributed by atoms with Crippen LogP contribution in [0.1, 0.15) is 101 Å². The molecule has 6 nitrogen and oxygen atoms in total. The molecule has 0 aliphatic carbocycles. The lowest BCUT2D eigenvalue weighted by molar-refractivity contribution is 0.562. The summed E-state index contributed by atoms with van der Waals surface area (Å²) in [5, 5.41) is 17.1. The van der Waals surface area contributed by atoms with E-state index in [1.54, 1.807) is 6.20 Å². The molecule has 0 aromatic carbocycles. The van der Waals surface area contributed by atoms with Crippen molar-refractivity contribution in [2.24, 2.45) is 7.05 Å². The Morgan fingerprint density at radius 2 is 1.70 bits per heavy atom. The highest BCUT2D eigenvalue weighted by molar-refractivity contribution is 5.07. The van der Waals surface area contributed by atoms with Crippen LogP contribution in [0, 0.1) is 22.7 Å². The first kappa shape index (κ1) is 25.4. The van der Waals surface area contributed by atoms with E-state index in [2.05, 4.69) is 34.0 Å². The Hall–Kier alpha value is -2.60. The maximum Gasteiger partial charge on any atom is 0.125 e. The average Bonchev–Trinajstić information content (AvgIpc) is 3.39. The van der Waals surface area contributed by atoms with E-state index in [4.69, 9.17) is 10.5 Å². The molecule has 2 rings (SSSR count). The molecule has 30 heavy (non-hydrogen) atoms. The molecular weight excluding hydrogens is 372 g/mol. The predicted octanol–water partition coefficient (Wildman–Crippen LogP) is 5.99. The van der Waals surface area contributed by atoms with Crippen LogP contribution in [0.25, 0.3) is 0 Å². The second kappa shape index (κ2) is 16.2. The zero-order valence-electron chi connectivity index (χ0n) is 19.0. The van der Waals surface area contributed by atoms with Crippen LogP contribution in [-0.4, -0.2) is 19.5 Å². The standard InChI is InChI=1S/C17H29N3.C7H9N3/c1-2-3-4-5-6-7-8-9-10-13-17-19-15-16(20-17)12-11-14-18;1-6(5-8)7-9-3-4-10(7)2/h15H,2-13H2,1H3,(H,19,20);3-4,6H,1-2H3. The molecule has 0 amide bonds. The van der Waals surface area contributed by atoms with Crippen molar-refractivity contribution in [1.82, 2.24) is 19.5 Å². The van der Waals surface area contributed by atoms with Crippen molar-refractivity contribution in [2.45, 2.75) is 96.8 Å². The fraction of sp³-hybridized carbons (Fsp3) is 0.667. The molecule has 2 aromatic rings. The quantitative estimate of drug-likeness (QED) is 0.411. The van der Waals surface area contributed by atoms with Gasteiger partial charge in [0.2, 0.25) is 0 Å². The molecule has 0 bridgehead atoms. The highest BCUT2D eigenvalue weighted by atomic mass is 15.0. The SMILES string of the molecule is CC(C#N)c1nccn1C.CCCCCCCCCCCc1nc(CCC#N)c[nH]1. The zero-order valence-corrected chi connectivity index (χ0v) is 19.0. The molecule has 0 aliphatic heterocycles. The van der Waals surface area contributed by atoms with Crippen LogP contribution < -0.4 is 0 Å². The Balaban J connectivity index is 0.000000375. The van der Waals surface area contributed by atoms with Gasteiger partial charge in [-0.1, -0.05) is 58.3 Å². The van der Waals surface area contributed by atoms with Gasteiger partial charge < -0.3 is 9.55 Å². The molecule has 1 atom stereocenters. The van der Waals surface area contributed by atoms with Gasteiger partial charge in [0.05, 0.1) is 17.8 Å². The summed E-state index contributed by atoms with van der Waals surface area (Å²) in [6.07, 6.45) is 20.1. The van der Waals surface area contributed by atoms with Gasteiger partial charge in [-0.05, 0) is 13.3 Å². The lowest BCUT2D eigenvalue weighted by Crippen LogP contribution is -1.99. The number of unbranched alkanes of at least 4 members (excludes halogenated alkanes) is 8. The number of nitriles is 2. The monoisotopic (exact) mass is 410 g/mol. The number of aromatic nitrogens is 4.